The zero-order valence-corrected chi connectivity index (χ0v) is 8.35. The largest absolute Gasteiger partial charge is 0.248 e. The standard InChI is InChI=1S/C7H8ClN3S/c1-5-9-3-7(8)11-4-10-6(2)12-5/h3-4H,1-2H3. The first-order valence-corrected chi connectivity index (χ1v) is 4.53. The van der Waals surface area contributed by atoms with Gasteiger partial charge in [-0.25, -0.2) is 15.0 Å². The Hall–Kier alpha value is -0.740. The van der Waals surface area contributed by atoms with Crippen molar-refractivity contribution in [1.82, 2.24) is 15.0 Å². The van der Waals surface area contributed by atoms with E-state index >= 15 is 0 Å². The number of nitrogens with zero attached hydrogens (tertiary/aromatic N) is 3. The lowest BCUT2D eigenvalue weighted by Gasteiger charge is -1.82. The van der Waals surface area contributed by atoms with Crippen molar-refractivity contribution in [2.24, 2.45) is 0 Å². The van der Waals surface area contributed by atoms with Crippen molar-refractivity contribution in [1.29, 1.82) is 0 Å². The van der Waals surface area contributed by atoms with Crippen molar-refractivity contribution >= 4 is 22.9 Å². The summed E-state index contributed by atoms with van der Waals surface area (Å²) in [5.41, 5.74) is 0. The summed E-state index contributed by atoms with van der Waals surface area (Å²) in [4.78, 5) is 11.9. The summed E-state index contributed by atoms with van der Waals surface area (Å²) >= 11 is 7.15. The topological polar surface area (TPSA) is 38.7 Å². The molecular formula is C7H8ClN3S. The van der Waals surface area contributed by atoms with Gasteiger partial charge >= 0.3 is 0 Å². The Kier molecular flexibility index (Phi) is 3.37. The van der Waals surface area contributed by atoms with E-state index in [1.165, 1.54) is 23.9 Å². The molecule has 0 N–H and O–H groups in total. The number of rotatable bonds is 0. The van der Waals surface area contributed by atoms with Crippen LogP contribution in [0.25, 0.3) is 0 Å². The Morgan fingerprint density at radius 2 is 1.83 bits per heavy atom. The molecule has 1 aromatic rings. The van der Waals surface area contributed by atoms with Crippen LogP contribution in [-0.4, -0.2) is 15.0 Å². The fraction of sp³-hybridized carbons (Fsp3) is 0.286. The molecule has 0 aliphatic heterocycles. The van der Waals surface area contributed by atoms with Gasteiger partial charge in [-0.2, -0.15) is 0 Å². The van der Waals surface area contributed by atoms with Crippen molar-refractivity contribution in [3.8, 4) is 0 Å². The molecule has 12 heavy (non-hydrogen) atoms. The molecule has 64 valence electrons. The monoisotopic (exact) mass is 201 g/mol. The molecule has 0 saturated heterocycles. The number of hydrogen-bond acceptors (Lipinski definition) is 4. The van der Waals surface area contributed by atoms with E-state index in [1.54, 1.807) is 0 Å². The molecule has 1 aromatic heterocycles. The molecule has 3 nitrogen and oxygen atoms in total. The van der Waals surface area contributed by atoms with Crippen LogP contribution in [0.1, 0.15) is 10.0 Å². The Morgan fingerprint density at radius 3 is 2.58 bits per heavy atom. The van der Waals surface area contributed by atoms with E-state index in [-0.39, 0.29) is 0 Å². The van der Waals surface area contributed by atoms with Crippen LogP contribution in [0.2, 0.25) is 5.15 Å². The molecule has 0 spiro atoms. The van der Waals surface area contributed by atoms with Gasteiger partial charge in [0.1, 0.15) is 11.5 Å². The molecule has 0 aliphatic rings. The molecular weight excluding hydrogens is 194 g/mol. The Labute approximate surface area is 79.8 Å². The van der Waals surface area contributed by atoms with Gasteiger partial charge in [0, 0.05) is 0 Å². The lowest BCUT2D eigenvalue weighted by atomic mass is 10.8. The summed E-state index contributed by atoms with van der Waals surface area (Å²) in [6, 6.07) is 0. The molecule has 0 radical (unpaired) electrons. The van der Waals surface area contributed by atoms with E-state index < -0.39 is 0 Å². The first kappa shape index (κ1) is 9.35. The van der Waals surface area contributed by atoms with Crippen LogP contribution in [0, 0.1) is 13.8 Å². The molecule has 1 heterocycles. The van der Waals surface area contributed by atoms with Crippen molar-refractivity contribution in [2.45, 2.75) is 13.8 Å². The van der Waals surface area contributed by atoms with Crippen LogP contribution in [-0.2, 0) is 0 Å². The summed E-state index contributed by atoms with van der Waals surface area (Å²) in [5.74, 6) is 0. The van der Waals surface area contributed by atoms with Gasteiger partial charge in [0.05, 0.1) is 16.2 Å². The minimum Gasteiger partial charge on any atom is -0.248 e. The van der Waals surface area contributed by atoms with Gasteiger partial charge in [-0.15, -0.1) is 11.3 Å². The maximum Gasteiger partial charge on any atom is 0.149 e. The summed E-state index contributed by atoms with van der Waals surface area (Å²) < 4.78 is 0. The number of aromatic nitrogens is 3. The predicted molar refractivity (Wildman–Crippen MR) is 49.8 cm³/mol. The van der Waals surface area contributed by atoms with Crippen LogP contribution >= 0.6 is 22.9 Å². The zero-order valence-electron chi connectivity index (χ0n) is 6.78. The molecule has 0 amide bonds. The lowest BCUT2D eigenvalue weighted by molar-refractivity contribution is 1.16. The van der Waals surface area contributed by atoms with Crippen molar-refractivity contribution in [3.05, 3.63) is 27.7 Å². The van der Waals surface area contributed by atoms with E-state index in [0.29, 0.717) is 5.15 Å². The van der Waals surface area contributed by atoms with Crippen LogP contribution in [0.3, 0.4) is 0 Å². The highest BCUT2D eigenvalue weighted by Crippen LogP contribution is 2.03. The maximum absolute atomic E-state index is 5.66. The zero-order chi connectivity index (χ0) is 8.97. The first-order chi connectivity index (χ1) is 5.68. The summed E-state index contributed by atoms with van der Waals surface area (Å²) in [6.45, 7) is 3.80. The highest BCUT2D eigenvalue weighted by atomic mass is 35.5. The minimum atomic E-state index is 0.341. The summed E-state index contributed by atoms with van der Waals surface area (Å²) in [5, 5.41) is 2.15. The van der Waals surface area contributed by atoms with Gasteiger partial charge in [0.25, 0.3) is 0 Å². The fourth-order valence-corrected chi connectivity index (χ4v) is 1.33. The number of hydrogen-bond donors (Lipinski definition) is 0. The lowest BCUT2D eigenvalue weighted by Crippen LogP contribution is -1.70. The SMILES string of the molecule is Cc1ncnc(Cl)cnc(C)s1. The van der Waals surface area contributed by atoms with E-state index in [4.69, 9.17) is 11.6 Å². The Balaban J connectivity index is 3.33. The van der Waals surface area contributed by atoms with Crippen LogP contribution in [0.5, 0.6) is 0 Å². The molecule has 1 rings (SSSR count). The second-order valence-electron chi connectivity index (χ2n) is 2.09. The first-order valence-electron chi connectivity index (χ1n) is 3.33. The third-order valence-corrected chi connectivity index (χ3v) is 2.07. The molecule has 5 heteroatoms. The predicted octanol–water partition coefficient (Wildman–Crippen LogP) is 2.33. The van der Waals surface area contributed by atoms with Crippen LogP contribution in [0.4, 0.5) is 0 Å². The molecule has 0 fully saturated rings. The van der Waals surface area contributed by atoms with E-state index in [9.17, 15) is 0 Å². The average molecular weight is 202 g/mol. The minimum absolute atomic E-state index is 0.341. The molecule has 0 unspecified atom stereocenters. The van der Waals surface area contributed by atoms with E-state index in [2.05, 4.69) is 15.0 Å². The normalized spacial score (nSPS) is 9.25. The Bertz CT molecular complexity index is 323. The highest BCUT2D eigenvalue weighted by Gasteiger charge is 1.85. The van der Waals surface area contributed by atoms with Gasteiger partial charge in [-0.1, -0.05) is 11.6 Å². The second kappa shape index (κ2) is 4.33. The van der Waals surface area contributed by atoms with Crippen LogP contribution in [0.15, 0.2) is 12.5 Å². The van der Waals surface area contributed by atoms with E-state index in [0.717, 1.165) is 10.0 Å². The smallest absolute Gasteiger partial charge is 0.149 e. The van der Waals surface area contributed by atoms with Gasteiger partial charge in [-0.3, -0.25) is 0 Å². The van der Waals surface area contributed by atoms with Crippen molar-refractivity contribution in [3.63, 3.8) is 0 Å². The number of aryl methyl sites for hydroxylation is 2. The van der Waals surface area contributed by atoms with E-state index in [1.807, 2.05) is 13.8 Å². The molecule has 0 saturated carbocycles. The van der Waals surface area contributed by atoms with Gasteiger partial charge in [0.2, 0.25) is 0 Å². The molecule has 0 aromatic carbocycles. The van der Waals surface area contributed by atoms with Crippen molar-refractivity contribution in [2.75, 3.05) is 0 Å². The maximum atomic E-state index is 5.66. The van der Waals surface area contributed by atoms with Gasteiger partial charge < -0.3 is 0 Å². The van der Waals surface area contributed by atoms with Crippen molar-refractivity contribution < 1.29 is 0 Å². The fourth-order valence-electron chi connectivity index (χ4n) is 0.609. The molecule has 0 aliphatic carbocycles. The summed E-state index contributed by atoms with van der Waals surface area (Å²) in [6.07, 6.45) is 2.93. The van der Waals surface area contributed by atoms with Crippen LogP contribution < -0.4 is 0 Å². The average Bonchev–Trinajstić information content (AvgIpc) is 2.05. The Morgan fingerprint density at radius 1 is 1.17 bits per heavy atom. The third kappa shape index (κ3) is 3.11. The summed E-state index contributed by atoms with van der Waals surface area (Å²) in [7, 11) is 0. The highest BCUT2D eigenvalue weighted by molar-refractivity contribution is 7.10. The third-order valence-electron chi connectivity index (χ3n) is 1.07. The quantitative estimate of drug-likeness (QED) is 0.647. The van der Waals surface area contributed by atoms with Gasteiger partial charge in [0.15, 0.2) is 0 Å². The second-order valence-corrected chi connectivity index (χ2v) is 3.87. The molecule has 0 bridgehead atoms. The van der Waals surface area contributed by atoms with Gasteiger partial charge in [-0.05, 0) is 13.8 Å². The molecule has 0 atom stereocenters. The number of halogens is 1.